The molecule has 1 unspecified atom stereocenters. The lowest BCUT2D eigenvalue weighted by Crippen LogP contribution is -2.31. The third kappa shape index (κ3) is 3.45. The fraction of sp³-hybridized carbons (Fsp3) is 0.167. The average molecular weight is 427 g/mol. The topological polar surface area (TPSA) is 98.1 Å². The van der Waals surface area contributed by atoms with Crippen LogP contribution in [-0.4, -0.2) is 34.0 Å². The molecule has 2 aromatic carbocycles. The second-order valence-electron chi connectivity index (χ2n) is 7.57. The van der Waals surface area contributed by atoms with E-state index in [0.717, 1.165) is 34.2 Å². The first-order valence-corrected chi connectivity index (χ1v) is 10.3. The Morgan fingerprint density at radius 2 is 1.97 bits per heavy atom. The minimum atomic E-state index is -0.589. The molecule has 0 radical (unpaired) electrons. The number of aromatic nitrogens is 3. The van der Waals surface area contributed by atoms with Crippen molar-refractivity contribution in [2.24, 2.45) is 0 Å². The van der Waals surface area contributed by atoms with Crippen LogP contribution in [0.2, 0.25) is 0 Å². The summed E-state index contributed by atoms with van der Waals surface area (Å²) >= 11 is 0. The van der Waals surface area contributed by atoms with Gasteiger partial charge in [-0.25, -0.2) is 9.59 Å². The summed E-state index contributed by atoms with van der Waals surface area (Å²) < 4.78 is 5.90. The van der Waals surface area contributed by atoms with Gasteiger partial charge in [-0.2, -0.15) is 9.78 Å². The first kappa shape index (κ1) is 19.7. The van der Waals surface area contributed by atoms with Crippen molar-refractivity contribution < 1.29 is 14.3 Å². The van der Waals surface area contributed by atoms with Gasteiger partial charge in [0, 0.05) is 23.3 Å². The van der Waals surface area contributed by atoms with Crippen molar-refractivity contribution in [3.8, 4) is 11.1 Å². The number of rotatable bonds is 3. The van der Waals surface area contributed by atoms with E-state index in [4.69, 9.17) is 4.74 Å². The number of nitrogens with one attached hydrogen (secondary N) is 2. The van der Waals surface area contributed by atoms with Crippen LogP contribution in [0.1, 0.15) is 23.6 Å². The van der Waals surface area contributed by atoms with Gasteiger partial charge in [-0.3, -0.25) is 4.98 Å². The maximum atomic E-state index is 12.8. The van der Waals surface area contributed by atoms with Crippen molar-refractivity contribution in [3.63, 3.8) is 0 Å². The molecule has 0 aliphatic heterocycles. The Morgan fingerprint density at radius 3 is 2.78 bits per heavy atom. The fourth-order valence-corrected chi connectivity index (χ4v) is 4.31. The van der Waals surface area contributed by atoms with E-state index in [1.165, 1.54) is 18.9 Å². The summed E-state index contributed by atoms with van der Waals surface area (Å²) in [7, 11) is 1.30. The number of urea groups is 1. The van der Waals surface area contributed by atoms with Crippen molar-refractivity contribution in [2.45, 2.75) is 18.9 Å². The SMILES string of the molecule is COC(=O)n1ncc2c(NC(=O)NC3CCc4c(-c5cccnc5)cccc43)cccc21. The van der Waals surface area contributed by atoms with Crippen molar-refractivity contribution >= 4 is 28.7 Å². The zero-order valence-corrected chi connectivity index (χ0v) is 17.4. The van der Waals surface area contributed by atoms with Crippen LogP contribution in [-0.2, 0) is 11.2 Å². The van der Waals surface area contributed by atoms with E-state index in [2.05, 4.69) is 32.8 Å². The minimum Gasteiger partial charge on any atom is -0.451 e. The van der Waals surface area contributed by atoms with Gasteiger partial charge in [0.15, 0.2) is 0 Å². The highest BCUT2D eigenvalue weighted by molar-refractivity contribution is 6.02. The molecule has 8 nitrogen and oxygen atoms in total. The van der Waals surface area contributed by atoms with Gasteiger partial charge in [0.2, 0.25) is 0 Å². The molecule has 2 amide bonds. The molecule has 1 aliphatic carbocycles. The van der Waals surface area contributed by atoms with E-state index in [0.29, 0.717) is 16.6 Å². The Hall–Kier alpha value is -4.20. The fourth-order valence-electron chi connectivity index (χ4n) is 4.31. The van der Waals surface area contributed by atoms with Crippen molar-refractivity contribution in [3.05, 3.63) is 78.2 Å². The van der Waals surface area contributed by atoms with Crippen LogP contribution < -0.4 is 10.6 Å². The predicted octanol–water partition coefficient (Wildman–Crippen LogP) is 4.52. The van der Waals surface area contributed by atoms with Crippen molar-refractivity contribution in [2.75, 3.05) is 12.4 Å². The molecular formula is C24H21N5O3. The van der Waals surface area contributed by atoms with Crippen LogP contribution >= 0.6 is 0 Å². The molecule has 32 heavy (non-hydrogen) atoms. The highest BCUT2D eigenvalue weighted by Crippen LogP contribution is 2.37. The summed E-state index contributed by atoms with van der Waals surface area (Å²) in [6.45, 7) is 0. The Morgan fingerprint density at radius 1 is 1.09 bits per heavy atom. The number of carbonyl (C=O) groups is 2. The first-order valence-electron chi connectivity index (χ1n) is 10.3. The Kier molecular flexibility index (Phi) is 5.03. The Labute approximate surface area is 184 Å². The van der Waals surface area contributed by atoms with Crippen LogP contribution in [0.5, 0.6) is 0 Å². The third-order valence-corrected chi connectivity index (χ3v) is 5.76. The van der Waals surface area contributed by atoms with Gasteiger partial charge in [0.1, 0.15) is 0 Å². The number of carbonyl (C=O) groups excluding carboxylic acids is 2. The Bertz CT molecular complexity index is 1320. The molecule has 160 valence electrons. The van der Waals surface area contributed by atoms with Gasteiger partial charge < -0.3 is 15.4 Å². The quantitative estimate of drug-likeness (QED) is 0.501. The lowest BCUT2D eigenvalue weighted by atomic mass is 9.97. The Balaban J connectivity index is 1.36. The number of ether oxygens (including phenoxy) is 1. The summed E-state index contributed by atoms with van der Waals surface area (Å²) in [4.78, 5) is 28.9. The zero-order chi connectivity index (χ0) is 22.1. The number of methoxy groups -OCH3 is 1. The number of hydrogen-bond acceptors (Lipinski definition) is 5. The third-order valence-electron chi connectivity index (χ3n) is 5.76. The molecule has 2 N–H and O–H groups in total. The van der Waals surface area contributed by atoms with Crippen LogP contribution in [0.25, 0.3) is 22.0 Å². The lowest BCUT2D eigenvalue weighted by Gasteiger charge is -2.16. The number of pyridine rings is 1. The molecule has 4 aromatic rings. The molecule has 0 spiro atoms. The average Bonchev–Trinajstić information content (AvgIpc) is 3.44. The monoisotopic (exact) mass is 427 g/mol. The second kappa shape index (κ2) is 8.14. The molecule has 0 fully saturated rings. The largest absolute Gasteiger partial charge is 0.451 e. The van der Waals surface area contributed by atoms with E-state index in [1.54, 1.807) is 24.4 Å². The van der Waals surface area contributed by atoms with Crippen LogP contribution in [0.3, 0.4) is 0 Å². The van der Waals surface area contributed by atoms with E-state index < -0.39 is 6.09 Å². The maximum Gasteiger partial charge on any atom is 0.434 e. The summed E-state index contributed by atoms with van der Waals surface area (Å²) in [5.74, 6) is 0. The number of amides is 2. The lowest BCUT2D eigenvalue weighted by molar-refractivity contribution is 0.170. The number of fused-ring (bicyclic) bond motifs is 2. The normalized spacial score (nSPS) is 14.7. The number of hydrogen-bond donors (Lipinski definition) is 2. The molecule has 2 aromatic heterocycles. The highest BCUT2D eigenvalue weighted by Gasteiger charge is 2.26. The van der Waals surface area contributed by atoms with E-state index >= 15 is 0 Å². The van der Waals surface area contributed by atoms with Crippen LogP contribution in [0.15, 0.2) is 67.1 Å². The molecule has 5 rings (SSSR count). The number of benzene rings is 2. The molecular weight excluding hydrogens is 406 g/mol. The number of anilines is 1. The van der Waals surface area contributed by atoms with Crippen LogP contribution in [0.4, 0.5) is 15.3 Å². The molecule has 1 aliphatic rings. The predicted molar refractivity (Wildman–Crippen MR) is 120 cm³/mol. The summed E-state index contributed by atoms with van der Waals surface area (Å²) in [5.41, 5.74) is 5.72. The molecule has 8 heteroatoms. The summed E-state index contributed by atoms with van der Waals surface area (Å²) in [5, 5.41) is 10.7. The van der Waals surface area contributed by atoms with Gasteiger partial charge in [0.05, 0.1) is 30.6 Å². The first-order chi connectivity index (χ1) is 15.7. The maximum absolute atomic E-state index is 12.8. The summed E-state index contributed by atoms with van der Waals surface area (Å²) in [6, 6.07) is 15.0. The van der Waals surface area contributed by atoms with E-state index in [-0.39, 0.29) is 12.1 Å². The molecule has 2 heterocycles. The van der Waals surface area contributed by atoms with E-state index in [9.17, 15) is 9.59 Å². The standard InChI is InChI=1S/C24H21N5O3/c1-32-24(31)29-22-9-3-8-20(19(22)14-26-29)27-23(30)28-21-11-10-17-16(6-2-7-18(17)21)15-5-4-12-25-13-15/h2-9,12-14,21H,10-11H2,1H3,(H2,27,28,30). The van der Waals surface area contributed by atoms with Crippen LogP contribution in [0, 0.1) is 0 Å². The minimum absolute atomic E-state index is 0.0846. The highest BCUT2D eigenvalue weighted by atomic mass is 16.5. The molecule has 1 atom stereocenters. The van der Waals surface area contributed by atoms with Gasteiger partial charge >= 0.3 is 12.1 Å². The van der Waals surface area contributed by atoms with Crippen molar-refractivity contribution in [1.82, 2.24) is 20.1 Å². The molecule has 0 bridgehead atoms. The van der Waals surface area contributed by atoms with Gasteiger partial charge in [-0.15, -0.1) is 0 Å². The smallest absolute Gasteiger partial charge is 0.434 e. The second-order valence-corrected chi connectivity index (χ2v) is 7.57. The zero-order valence-electron chi connectivity index (χ0n) is 17.4. The van der Waals surface area contributed by atoms with Crippen molar-refractivity contribution in [1.29, 1.82) is 0 Å². The van der Waals surface area contributed by atoms with Gasteiger partial charge in [-0.1, -0.05) is 30.3 Å². The van der Waals surface area contributed by atoms with Gasteiger partial charge in [-0.05, 0) is 47.7 Å². The van der Waals surface area contributed by atoms with E-state index in [1.807, 2.05) is 24.4 Å². The molecule has 0 saturated carbocycles. The number of nitrogens with zero attached hydrogens (tertiary/aromatic N) is 3. The molecule has 0 saturated heterocycles. The van der Waals surface area contributed by atoms with Gasteiger partial charge in [0.25, 0.3) is 0 Å². The summed E-state index contributed by atoms with van der Waals surface area (Å²) in [6.07, 6.45) is 6.27.